The molecule has 12 heteroatoms. The number of benzene rings is 2. The lowest BCUT2D eigenvalue weighted by molar-refractivity contribution is -0.209. The molecule has 0 saturated carbocycles. The monoisotopic (exact) mass is 673 g/mol. The highest BCUT2D eigenvalue weighted by Gasteiger charge is 2.64. The van der Waals surface area contributed by atoms with Crippen molar-refractivity contribution < 1.29 is 47.4 Å². The molecule has 2 bridgehead atoms. The fraction of sp³-hybridized carbons (Fsp3) is 0.571. The molecule has 10 atom stereocenters. The Bertz CT molecular complexity index is 1360. The number of carbonyl (C=O) groups excluding carboxylic acids is 1. The van der Waals surface area contributed by atoms with Crippen LogP contribution in [0.3, 0.4) is 0 Å². The zero-order valence-corrected chi connectivity index (χ0v) is 28.1. The molecule has 2 aromatic carbocycles. The van der Waals surface area contributed by atoms with E-state index in [0.717, 1.165) is 11.1 Å². The van der Waals surface area contributed by atoms with Gasteiger partial charge in [-0.15, -0.1) is 0 Å². The van der Waals surface area contributed by atoms with Crippen LogP contribution in [0.5, 0.6) is 0 Å². The van der Waals surface area contributed by atoms with Gasteiger partial charge in [-0.1, -0.05) is 72.3 Å². The third kappa shape index (κ3) is 7.24. The van der Waals surface area contributed by atoms with Crippen LogP contribution >= 0.6 is 11.6 Å². The number of carbonyl (C=O) groups is 1. The molecule has 4 heterocycles. The number of amides is 1. The van der Waals surface area contributed by atoms with Crippen molar-refractivity contribution in [3.05, 3.63) is 82.9 Å². The second-order valence-electron chi connectivity index (χ2n) is 12.7. The second-order valence-corrected chi connectivity index (χ2v) is 13.2. The van der Waals surface area contributed by atoms with Gasteiger partial charge < -0.3 is 42.6 Å². The summed E-state index contributed by atoms with van der Waals surface area (Å²) < 4.78 is 55.6. The summed E-state index contributed by atoms with van der Waals surface area (Å²) in [6, 6.07) is 18.2. The summed E-state index contributed by atoms with van der Waals surface area (Å²) in [6.07, 6.45) is -2.70. The van der Waals surface area contributed by atoms with Gasteiger partial charge in [-0.25, -0.2) is 4.79 Å². The van der Waals surface area contributed by atoms with Crippen LogP contribution in [0.1, 0.15) is 31.9 Å². The van der Waals surface area contributed by atoms with Crippen molar-refractivity contribution in [2.45, 2.75) is 94.6 Å². The Balaban J connectivity index is 1.42. The van der Waals surface area contributed by atoms with Gasteiger partial charge in [0.25, 0.3) is 0 Å². The molecule has 0 radical (unpaired) electrons. The molecule has 0 unspecified atom stereocenters. The molecule has 0 aromatic heterocycles. The fourth-order valence-electron chi connectivity index (χ4n) is 7.27. The SMILES string of the molecule is COCO[C@@H]1[C@@H]([C@H](OCOC)[C@H]2[C@H](OCc3ccccc3)[C@H]3OC(C)(C)O[C@H]3[C@@H](C)N2C(=O)OCc2ccccc2)[C@@H]2C=C(Cl)[C@H]1O2. The van der Waals surface area contributed by atoms with E-state index < -0.39 is 72.6 Å². The molecular formula is C35H44ClNO10. The number of halogens is 1. The first-order chi connectivity index (χ1) is 22.7. The van der Waals surface area contributed by atoms with E-state index in [1.807, 2.05) is 87.5 Å². The third-order valence-electron chi connectivity index (χ3n) is 9.19. The number of hydrogen-bond donors (Lipinski definition) is 0. The number of nitrogens with zero attached hydrogens (tertiary/aromatic N) is 1. The number of piperidine rings is 1. The predicted octanol–water partition coefficient (Wildman–Crippen LogP) is 5.00. The van der Waals surface area contributed by atoms with Crippen molar-refractivity contribution in [1.82, 2.24) is 4.90 Å². The Kier molecular flexibility index (Phi) is 10.9. The number of methoxy groups -OCH3 is 2. The molecule has 4 aliphatic rings. The number of hydrogen-bond acceptors (Lipinski definition) is 10. The normalized spacial score (nSPS) is 33.0. The first-order valence-corrected chi connectivity index (χ1v) is 16.3. The number of rotatable bonds is 13. The van der Waals surface area contributed by atoms with Crippen LogP contribution in [0.25, 0.3) is 0 Å². The molecule has 11 nitrogen and oxygen atoms in total. The Morgan fingerprint density at radius 3 is 2.19 bits per heavy atom. The molecule has 0 aliphatic carbocycles. The zero-order chi connectivity index (χ0) is 33.1. The summed E-state index contributed by atoms with van der Waals surface area (Å²) in [5.74, 6) is -1.35. The highest BCUT2D eigenvalue weighted by molar-refractivity contribution is 6.30. The molecule has 256 valence electrons. The van der Waals surface area contributed by atoms with Gasteiger partial charge in [-0.05, 0) is 38.0 Å². The minimum Gasteiger partial charge on any atom is -0.445 e. The van der Waals surface area contributed by atoms with Gasteiger partial charge in [0.15, 0.2) is 5.79 Å². The molecule has 4 aliphatic heterocycles. The van der Waals surface area contributed by atoms with Crippen LogP contribution in [0, 0.1) is 5.92 Å². The Morgan fingerprint density at radius 1 is 0.894 bits per heavy atom. The van der Waals surface area contributed by atoms with Gasteiger partial charge >= 0.3 is 6.09 Å². The predicted molar refractivity (Wildman–Crippen MR) is 170 cm³/mol. The molecule has 3 saturated heterocycles. The maximum Gasteiger partial charge on any atom is 0.410 e. The van der Waals surface area contributed by atoms with E-state index >= 15 is 0 Å². The highest BCUT2D eigenvalue weighted by atomic mass is 35.5. The first kappa shape index (κ1) is 34.3. The molecular weight excluding hydrogens is 630 g/mol. The van der Waals surface area contributed by atoms with Crippen molar-refractivity contribution in [2.24, 2.45) is 5.92 Å². The molecule has 3 fully saturated rings. The molecule has 6 rings (SSSR count). The zero-order valence-electron chi connectivity index (χ0n) is 27.4. The van der Waals surface area contributed by atoms with Gasteiger partial charge in [0.05, 0.1) is 37.0 Å². The van der Waals surface area contributed by atoms with E-state index in [1.165, 1.54) is 0 Å². The van der Waals surface area contributed by atoms with Crippen molar-refractivity contribution in [3.63, 3.8) is 0 Å². The van der Waals surface area contributed by atoms with Crippen molar-refractivity contribution in [3.8, 4) is 0 Å². The van der Waals surface area contributed by atoms with Crippen molar-refractivity contribution >= 4 is 17.7 Å². The lowest BCUT2D eigenvalue weighted by atomic mass is 9.77. The lowest BCUT2D eigenvalue weighted by Crippen LogP contribution is -2.71. The van der Waals surface area contributed by atoms with Crippen LogP contribution in [0.2, 0.25) is 0 Å². The third-order valence-corrected chi connectivity index (χ3v) is 9.53. The van der Waals surface area contributed by atoms with E-state index in [-0.39, 0.29) is 26.8 Å². The topological polar surface area (TPSA) is 103 Å². The molecule has 47 heavy (non-hydrogen) atoms. The maximum atomic E-state index is 14.4. The largest absolute Gasteiger partial charge is 0.445 e. The van der Waals surface area contributed by atoms with Gasteiger partial charge in [0.2, 0.25) is 0 Å². The summed E-state index contributed by atoms with van der Waals surface area (Å²) in [4.78, 5) is 16.1. The average molecular weight is 674 g/mol. The van der Waals surface area contributed by atoms with Crippen LogP contribution in [-0.4, -0.2) is 99.4 Å². The summed E-state index contributed by atoms with van der Waals surface area (Å²) in [5.41, 5.74) is 1.83. The maximum absolute atomic E-state index is 14.4. The van der Waals surface area contributed by atoms with Gasteiger partial charge in [-0.2, -0.15) is 0 Å². The van der Waals surface area contributed by atoms with E-state index in [1.54, 1.807) is 19.1 Å². The van der Waals surface area contributed by atoms with E-state index in [4.69, 9.17) is 54.2 Å². The quantitative estimate of drug-likeness (QED) is 0.270. The summed E-state index contributed by atoms with van der Waals surface area (Å²) in [5, 5.41) is 0.556. The van der Waals surface area contributed by atoms with E-state index in [0.29, 0.717) is 5.03 Å². The average Bonchev–Trinajstić information content (AvgIpc) is 3.73. The molecule has 0 N–H and O–H groups in total. The van der Waals surface area contributed by atoms with E-state index in [2.05, 4.69) is 0 Å². The second kappa shape index (κ2) is 14.9. The van der Waals surface area contributed by atoms with E-state index in [9.17, 15) is 4.79 Å². The van der Waals surface area contributed by atoms with Crippen LogP contribution in [0.4, 0.5) is 4.79 Å². The Hall–Kier alpha value is -2.58. The number of fused-ring (bicyclic) bond motifs is 3. The van der Waals surface area contributed by atoms with Crippen molar-refractivity contribution in [2.75, 3.05) is 27.8 Å². The number of ether oxygens (including phenoxy) is 9. The standard InChI is InChI=1S/C35H44ClNO10/c1-21-28-33(47-35(2,3)46-28)32(41-17-22-12-8-6-9-13-22)27(37(21)34(38)42-18-23-14-10-7-11-15-23)30(43-19-39-4)26-25-16-24(36)29(45-25)31(26)44-20-40-5/h6-16,21,25-33H,17-20H2,1-5H3/t21-,25+,26-,27+,28+,29-,30+,31-,32+,33+/m1/s1. The molecule has 0 spiro atoms. The Labute approximate surface area is 280 Å². The fourth-order valence-corrected chi connectivity index (χ4v) is 7.57. The highest BCUT2D eigenvalue weighted by Crippen LogP contribution is 2.48. The summed E-state index contributed by atoms with van der Waals surface area (Å²) in [6.45, 7) is 5.96. The van der Waals surface area contributed by atoms with Gasteiger partial charge in [-0.3, -0.25) is 4.90 Å². The summed E-state index contributed by atoms with van der Waals surface area (Å²) >= 11 is 6.60. The van der Waals surface area contributed by atoms with Crippen LogP contribution in [-0.2, 0) is 55.8 Å². The number of likely N-dealkylation sites (tertiary alicyclic amines) is 1. The lowest BCUT2D eigenvalue weighted by Gasteiger charge is -2.52. The van der Waals surface area contributed by atoms with Crippen LogP contribution < -0.4 is 0 Å². The van der Waals surface area contributed by atoms with Gasteiger partial charge in [0, 0.05) is 25.2 Å². The minimum absolute atomic E-state index is 0.0165. The summed E-state index contributed by atoms with van der Waals surface area (Å²) in [7, 11) is 3.11. The Morgan fingerprint density at radius 2 is 1.53 bits per heavy atom. The molecule has 1 amide bonds. The smallest absolute Gasteiger partial charge is 0.410 e. The molecule has 2 aromatic rings. The first-order valence-electron chi connectivity index (χ1n) is 16.0. The van der Waals surface area contributed by atoms with Gasteiger partial charge in [0.1, 0.15) is 44.6 Å². The van der Waals surface area contributed by atoms with Crippen LogP contribution in [0.15, 0.2) is 71.8 Å². The minimum atomic E-state index is -0.925. The van der Waals surface area contributed by atoms with Crippen molar-refractivity contribution in [1.29, 1.82) is 0 Å².